The zero-order valence-electron chi connectivity index (χ0n) is 23.1. The second kappa shape index (κ2) is 12.6. The first-order chi connectivity index (χ1) is 21.0. The number of nitrogens with one attached hydrogen (secondary N) is 2. The van der Waals surface area contributed by atoms with Gasteiger partial charge in [-0.1, -0.05) is 42.5 Å². The lowest BCUT2D eigenvalue weighted by Crippen LogP contribution is -2.50. The third-order valence-corrected chi connectivity index (χ3v) is 7.58. The van der Waals surface area contributed by atoms with Gasteiger partial charge < -0.3 is 25.0 Å². The molecular weight excluding hydrogens is 582 g/mol. The van der Waals surface area contributed by atoms with E-state index in [0.717, 1.165) is 28.5 Å². The summed E-state index contributed by atoms with van der Waals surface area (Å²) in [6.07, 6.45) is -3.43. The molecule has 1 saturated heterocycles. The average molecular weight is 610 g/mol. The second-order valence-corrected chi connectivity index (χ2v) is 10.3. The number of aromatic nitrogens is 2. The highest BCUT2D eigenvalue weighted by Crippen LogP contribution is 2.33. The normalized spacial score (nSPS) is 16.8. The summed E-state index contributed by atoms with van der Waals surface area (Å²) in [5.41, 5.74) is 0.943. The van der Waals surface area contributed by atoms with Crippen molar-refractivity contribution >= 4 is 5.91 Å². The van der Waals surface area contributed by atoms with E-state index in [2.05, 4.69) is 15.0 Å². The number of carbonyl (C=O) groups excluding carboxylic acids is 1. The molecule has 1 amide bonds. The molecule has 0 spiro atoms. The largest absolute Gasteiger partial charge is 0.573 e. The average Bonchev–Trinajstić information content (AvgIpc) is 3.32. The summed E-state index contributed by atoms with van der Waals surface area (Å²) in [7, 11) is 0. The molecule has 2 atom stereocenters. The fourth-order valence-corrected chi connectivity index (χ4v) is 5.40. The Bertz CT molecular complexity index is 1750. The van der Waals surface area contributed by atoms with Crippen molar-refractivity contribution in [2.45, 2.75) is 37.8 Å². The van der Waals surface area contributed by atoms with Gasteiger partial charge in [0.25, 0.3) is 0 Å². The number of H-pyrrole nitrogens is 1. The van der Waals surface area contributed by atoms with Gasteiger partial charge in [0.2, 0.25) is 11.8 Å². The molecule has 3 aromatic carbocycles. The summed E-state index contributed by atoms with van der Waals surface area (Å²) in [5.74, 6) is -2.14. The van der Waals surface area contributed by atoms with Gasteiger partial charge in [0, 0.05) is 42.7 Å². The zero-order chi connectivity index (χ0) is 31.4. The summed E-state index contributed by atoms with van der Waals surface area (Å²) >= 11 is 0. The summed E-state index contributed by atoms with van der Waals surface area (Å²) in [4.78, 5) is 29.0. The summed E-state index contributed by atoms with van der Waals surface area (Å²) in [5, 5.41) is 22.3. The van der Waals surface area contributed by atoms with E-state index in [1.54, 1.807) is 4.90 Å². The number of carbonyl (C=O) groups is 1. The maximum Gasteiger partial charge on any atom is 0.573 e. The van der Waals surface area contributed by atoms with Gasteiger partial charge in [-0.15, -0.1) is 13.2 Å². The van der Waals surface area contributed by atoms with Gasteiger partial charge in [0.1, 0.15) is 18.1 Å². The van der Waals surface area contributed by atoms with Crippen LogP contribution < -0.4 is 15.7 Å². The summed E-state index contributed by atoms with van der Waals surface area (Å²) in [6, 6.07) is 18.6. The van der Waals surface area contributed by atoms with Gasteiger partial charge in [0.05, 0.1) is 17.8 Å². The fraction of sp³-hybridized carbons (Fsp3) is 0.258. The summed E-state index contributed by atoms with van der Waals surface area (Å²) in [6.45, 7) is 0.126. The number of aromatic amines is 1. The molecule has 3 N–H and O–H groups in total. The number of alkyl halides is 3. The van der Waals surface area contributed by atoms with E-state index >= 15 is 0 Å². The van der Waals surface area contributed by atoms with Crippen molar-refractivity contribution in [3.8, 4) is 28.8 Å². The minimum atomic E-state index is -4.95. The molecule has 44 heavy (non-hydrogen) atoms. The Kier molecular flexibility index (Phi) is 8.73. The molecule has 0 saturated carbocycles. The van der Waals surface area contributed by atoms with E-state index in [9.17, 15) is 32.3 Å². The van der Waals surface area contributed by atoms with Crippen LogP contribution in [-0.2, 0) is 17.9 Å². The number of rotatable bonds is 8. The quantitative estimate of drug-likeness (QED) is 0.251. The molecule has 1 fully saturated rings. The first kappa shape index (κ1) is 30.4. The van der Waals surface area contributed by atoms with E-state index in [0.29, 0.717) is 18.5 Å². The predicted octanol–water partition coefficient (Wildman–Crippen LogP) is 4.63. The van der Waals surface area contributed by atoms with Crippen LogP contribution in [0.15, 0.2) is 77.7 Å². The maximum absolute atomic E-state index is 14.8. The van der Waals surface area contributed by atoms with Crippen LogP contribution in [0.5, 0.6) is 11.6 Å². The van der Waals surface area contributed by atoms with Crippen molar-refractivity contribution < 1.29 is 32.2 Å². The predicted molar refractivity (Wildman–Crippen MR) is 151 cm³/mol. The molecule has 1 aromatic heterocycles. The highest BCUT2D eigenvalue weighted by atomic mass is 19.4. The van der Waals surface area contributed by atoms with Crippen molar-refractivity contribution in [3.05, 3.63) is 106 Å². The molecule has 5 rings (SSSR count). The molecule has 0 radical (unpaired) electrons. The Labute approximate surface area is 248 Å². The molecule has 0 bridgehead atoms. The maximum atomic E-state index is 14.8. The lowest BCUT2D eigenvalue weighted by atomic mass is 9.85. The number of imidazole rings is 1. The minimum absolute atomic E-state index is 0.0638. The molecule has 0 aliphatic carbocycles. The van der Waals surface area contributed by atoms with Gasteiger partial charge in [0.15, 0.2) is 0 Å². The van der Waals surface area contributed by atoms with Gasteiger partial charge in [-0.05, 0) is 41.8 Å². The monoisotopic (exact) mass is 609 g/mol. The number of hydrogen-bond donors (Lipinski definition) is 3. The lowest BCUT2D eigenvalue weighted by Gasteiger charge is -2.39. The first-order valence-electron chi connectivity index (χ1n) is 13.6. The van der Waals surface area contributed by atoms with Crippen LogP contribution in [0, 0.1) is 17.1 Å². The highest BCUT2D eigenvalue weighted by molar-refractivity contribution is 5.76. The number of benzene rings is 3. The molecular formula is C31H27F4N5O4. The highest BCUT2D eigenvalue weighted by Gasteiger charge is 2.34. The number of ether oxygens (including phenoxy) is 1. The van der Waals surface area contributed by atoms with Crippen molar-refractivity contribution in [1.82, 2.24) is 19.8 Å². The second-order valence-electron chi connectivity index (χ2n) is 10.3. The first-order valence-corrected chi connectivity index (χ1v) is 13.6. The zero-order valence-corrected chi connectivity index (χ0v) is 23.1. The molecule has 0 unspecified atom stereocenters. The smallest absolute Gasteiger partial charge is 0.493 e. The molecule has 4 aromatic rings. The molecule has 9 nitrogen and oxygen atoms in total. The molecule has 1 aliphatic heterocycles. The van der Waals surface area contributed by atoms with Crippen molar-refractivity contribution in [2.75, 3.05) is 13.1 Å². The number of aromatic hydroxyl groups is 1. The van der Waals surface area contributed by atoms with Crippen LogP contribution in [0.2, 0.25) is 0 Å². The van der Waals surface area contributed by atoms with Crippen LogP contribution in [0.1, 0.15) is 29.0 Å². The number of amides is 1. The van der Waals surface area contributed by atoms with E-state index in [1.165, 1.54) is 24.3 Å². The Morgan fingerprint density at radius 2 is 1.91 bits per heavy atom. The molecule has 1 aliphatic rings. The van der Waals surface area contributed by atoms with Crippen LogP contribution in [-0.4, -0.2) is 51.0 Å². The Hall–Kier alpha value is -5.09. The van der Waals surface area contributed by atoms with Crippen LogP contribution in [0.3, 0.4) is 0 Å². The van der Waals surface area contributed by atoms with Crippen LogP contribution in [0.4, 0.5) is 17.6 Å². The third kappa shape index (κ3) is 6.92. The number of piperidine rings is 1. The molecule has 2 heterocycles. The van der Waals surface area contributed by atoms with Crippen molar-refractivity contribution in [2.24, 2.45) is 0 Å². The Morgan fingerprint density at radius 3 is 2.57 bits per heavy atom. The number of hydrogen-bond acceptors (Lipinski definition) is 6. The fourth-order valence-electron chi connectivity index (χ4n) is 5.40. The number of nitrogens with zero attached hydrogens (tertiary/aromatic N) is 3. The van der Waals surface area contributed by atoms with Gasteiger partial charge in [-0.3, -0.25) is 9.36 Å². The SMILES string of the molecule is N#Cc1ccc(-c2ccc(OC(F)(F)F)c(CN[C@H]3CCN(C(=O)Cn4c(O)c[nH]c4=O)C[C@H]3c3ccccc3)c2)c(F)c1. The Balaban J connectivity index is 1.39. The van der Waals surface area contributed by atoms with E-state index in [1.807, 2.05) is 36.4 Å². The van der Waals surface area contributed by atoms with Crippen molar-refractivity contribution in [1.29, 1.82) is 5.26 Å². The molecule has 228 valence electrons. The minimum Gasteiger partial charge on any atom is -0.493 e. The summed E-state index contributed by atoms with van der Waals surface area (Å²) < 4.78 is 59.8. The van der Waals surface area contributed by atoms with Gasteiger partial charge in [-0.25, -0.2) is 9.18 Å². The number of likely N-dealkylation sites (tertiary alicyclic amines) is 1. The Morgan fingerprint density at radius 1 is 1.14 bits per heavy atom. The van der Waals surface area contributed by atoms with Gasteiger partial charge in [-0.2, -0.15) is 5.26 Å². The standard InChI is InChI=1S/C31H27F4N5O4/c32-25-12-19(14-36)6-8-23(25)21-7-9-27(44-31(33,34)35)22(13-21)15-37-26-10-11-39(17-24(26)20-4-2-1-3-5-20)29(42)18-40-28(41)16-38-30(40)43/h1-9,12-13,16,24,26,37,41H,10-11,15,17-18H2,(H,38,43)/t24-,26-/m0/s1. The van der Waals surface area contributed by atoms with E-state index < -0.39 is 23.6 Å². The number of nitriles is 1. The lowest BCUT2D eigenvalue weighted by molar-refractivity contribution is -0.274. The third-order valence-electron chi connectivity index (χ3n) is 7.58. The van der Waals surface area contributed by atoms with Gasteiger partial charge >= 0.3 is 12.1 Å². The topological polar surface area (TPSA) is 123 Å². The molecule has 13 heteroatoms. The van der Waals surface area contributed by atoms with E-state index in [4.69, 9.17) is 5.26 Å². The number of halogens is 4. The van der Waals surface area contributed by atoms with Crippen LogP contribution in [0.25, 0.3) is 11.1 Å². The van der Waals surface area contributed by atoms with E-state index in [-0.39, 0.29) is 60.1 Å². The van der Waals surface area contributed by atoms with Crippen LogP contribution >= 0.6 is 0 Å². The van der Waals surface area contributed by atoms with Crippen molar-refractivity contribution in [3.63, 3.8) is 0 Å².